The van der Waals surface area contributed by atoms with Crippen molar-refractivity contribution in [3.05, 3.63) is 59.7 Å². The van der Waals surface area contributed by atoms with Gasteiger partial charge in [-0.15, -0.1) is 0 Å². The van der Waals surface area contributed by atoms with Gasteiger partial charge in [-0.05, 0) is 23.8 Å². The molecule has 1 heterocycles. The van der Waals surface area contributed by atoms with Crippen LogP contribution in [0.25, 0.3) is 0 Å². The van der Waals surface area contributed by atoms with Gasteiger partial charge in [0.05, 0.1) is 5.92 Å². The summed E-state index contributed by atoms with van der Waals surface area (Å²) in [5.74, 6) is -3.39. The maximum absolute atomic E-state index is 13.2. The van der Waals surface area contributed by atoms with Crippen LogP contribution >= 0.6 is 0 Å². The van der Waals surface area contributed by atoms with Gasteiger partial charge in [-0.3, -0.25) is 9.59 Å². The first-order valence-corrected chi connectivity index (χ1v) is 6.69. The molecule has 2 amide bonds. The van der Waals surface area contributed by atoms with E-state index in [9.17, 15) is 18.4 Å². The third kappa shape index (κ3) is 2.67. The number of hydrogen-bond acceptors (Lipinski definition) is 2. The summed E-state index contributed by atoms with van der Waals surface area (Å²) in [4.78, 5) is 24.1. The number of carbonyl (C=O) groups excluding carboxylic acids is 2. The van der Waals surface area contributed by atoms with Crippen molar-refractivity contribution in [1.29, 1.82) is 0 Å². The molecule has 1 atom stereocenters. The van der Waals surface area contributed by atoms with Crippen LogP contribution in [0.15, 0.2) is 42.5 Å². The van der Waals surface area contributed by atoms with Crippen molar-refractivity contribution in [2.24, 2.45) is 0 Å². The quantitative estimate of drug-likeness (QED) is 0.896. The van der Waals surface area contributed by atoms with Crippen LogP contribution in [0.2, 0.25) is 0 Å². The molecule has 1 aliphatic rings. The van der Waals surface area contributed by atoms with Crippen molar-refractivity contribution in [2.45, 2.75) is 12.3 Å². The fourth-order valence-electron chi connectivity index (χ4n) is 2.45. The second kappa shape index (κ2) is 5.55. The van der Waals surface area contributed by atoms with Crippen LogP contribution in [-0.4, -0.2) is 11.8 Å². The van der Waals surface area contributed by atoms with Crippen molar-refractivity contribution >= 4 is 23.2 Å². The molecule has 2 aromatic rings. The molecule has 0 fully saturated rings. The Morgan fingerprint density at radius 2 is 1.91 bits per heavy atom. The van der Waals surface area contributed by atoms with Gasteiger partial charge in [-0.2, -0.15) is 0 Å². The maximum Gasteiger partial charge on any atom is 0.232 e. The van der Waals surface area contributed by atoms with Crippen LogP contribution < -0.4 is 10.6 Å². The predicted octanol–water partition coefficient (Wildman–Crippen LogP) is 3.03. The van der Waals surface area contributed by atoms with Crippen molar-refractivity contribution in [3.8, 4) is 0 Å². The molecular formula is C16H12F2N2O2. The van der Waals surface area contributed by atoms with Crippen molar-refractivity contribution in [1.82, 2.24) is 0 Å². The first-order chi connectivity index (χ1) is 10.5. The van der Waals surface area contributed by atoms with E-state index in [0.29, 0.717) is 11.3 Å². The highest BCUT2D eigenvalue weighted by atomic mass is 19.2. The Hall–Kier alpha value is -2.76. The van der Waals surface area contributed by atoms with Crippen molar-refractivity contribution in [3.63, 3.8) is 0 Å². The van der Waals surface area contributed by atoms with E-state index in [2.05, 4.69) is 10.6 Å². The lowest BCUT2D eigenvalue weighted by Gasteiger charge is -2.24. The number of rotatable bonds is 2. The van der Waals surface area contributed by atoms with Gasteiger partial charge in [0.2, 0.25) is 11.8 Å². The second-order valence-electron chi connectivity index (χ2n) is 5.01. The molecule has 0 saturated heterocycles. The van der Waals surface area contributed by atoms with Gasteiger partial charge in [0.15, 0.2) is 11.6 Å². The molecule has 3 rings (SSSR count). The Morgan fingerprint density at radius 1 is 1.14 bits per heavy atom. The van der Waals surface area contributed by atoms with Crippen LogP contribution in [0, 0.1) is 11.6 Å². The van der Waals surface area contributed by atoms with E-state index in [4.69, 9.17) is 0 Å². The van der Waals surface area contributed by atoms with Crippen molar-refractivity contribution in [2.75, 3.05) is 10.6 Å². The molecule has 0 aliphatic carbocycles. The molecule has 112 valence electrons. The molecule has 0 radical (unpaired) electrons. The average molecular weight is 302 g/mol. The molecule has 1 aliphatic heterocycles. The Bertz CT molecular complexity index is 762. The summed E-state index contributed by atoms with van der Waals surface area (Å²) in [5, 5.41) is 5.21. The number of halogens is 2. The van der Waals surface area contributed by atoms with E-state index in [1.54, 1.807) is 24.3 Å². The third-order valence-corrected chi connectivity index (χ3v) is 3.50. The molecule has 0 spiro atoms. The van der Waals surface area contributed by atoms with E-state index in [1.807, 2.05) is 0 Å². The number of fused-ring (bicyclic) bond motifs is 1. The molecule has 22 heavy (non-hydrogen) atoms. The van der Waals surface area contributed by atoms with Gasteiger partial charge < -0.3 is 10.6 Å². The number of nitrogens with one attached hydrogen (secondary N) is 2. The van der Waals surface area contributed by atoms with E-state index in [1.165, 1.54) is 6.07 Å². The van der Waals surface area contributed by atoms with Gasteiger partial charge >= 0.3 is 0 Å². The minimum atomic E-state index is -1.04. The van der Waals surface area contributed by atoms with Gasteiger partial charge in [-0.25, -0.2) is 8.78 Å². The molecule has 0 bridgehead atoms. The van der Waals surface area contributed by atoms with Crippen LogP contribution in [0.4, 0.5) is 20.2 Å². The number of carbonyl (C=O) groups is 2. The van der Waals surface area contributed by atoms with Gasteiger partial charge in [0.1, 0.15) is 0 Å². The highest BCUT2D eigenvalue weighted by Crippen LogP contribution is 2.32. The summed E-state index contributed by atoms with van der Waals surface area (Å²) < 4.78 is 26.1. The Balaban J connectivity index is 1.86. The second-order valence-corrected chi connectivity index (χ2v) is 5.01. The highest BCUT2D eigenvalue weighted by Gasteiger charge is 2.30. The fourth-order valence-corrected chi connectivity index (χ4v) is 2.45. The fraction of sp³-hybridized carbons (Fsp3) is 0.125. The SMILES string of the molecule is O=C1C[C@@H](C(=O)Nc2ccc(F)c(F)c2)c2ccccc2N1. The smallest absolute Gasteiger partial charge is 0.232 e. The number of anilines is 2. The summed E-state index contributed by atoms with van der Waals surface area (Å²) >= 11 is 0. The molecule has 2 N–H and O–H groups in total. The third-order valence-electron chi connectivity index (χ3n) is 3.50. The highest BCUT2D eigenvalue weighted by molar-refractivity contribution is 6.05. The van der Waals surface area contributed by atoms with Crippen LogP contribution in [-0.2, 0) is 9.59 Å². The Kier molecular flexibility index (Phi) is 3.58. The van der Waals surface area contributed by atoms with Crippen molar-refractivity contribution < 1.29 is 18.4 Å². The number of hydrogen-bond donors (Lipinski definition) is 2. The Labute approximate surface area is 125 Å². The monoisotopic (exact) mass is 302 g/mol. The van der Waals surface area contributed by atoms with Crippen LogP contribution in [0.5, 0.6) is 0 Å². The van der Waals surface area contributed by atoms with Crippen LogP contribution in [0.3, 0.4) is 0 Å². The number of amides is 2. The molecule has 0 saturated carbocycles. The van der Waals surface area contributed by atoms with Gasteiger partial charge in [0, 0.05) is 23.9 Å². The first-order valence-electron chi connectivity index (χ1n) is 6.69. The summed E-state index contributed by atoms with van der Waals surface area (Å²) in [6.45, 7) is 0. The standard InChI is InChI=1S/C16H12F2N2O2/c17-12-6-5-9(7-13(12)18)19-16(22)11-8-15(21)20-14-4-2-1-3-10(11)14/h1-7,11H,8H2,(H,19,22)(H,20,21)/t11-/m1/s1. The van der Waals surface area contributed by atoms with E-state index < -0.39 is 23.5 Å². The zero-order valence-electron chi connectivity index (χ0n) is 11.4. The molecule has 0 aromatic heterocycles. The lowest BCUT2D eigenvalue weighted by molar-refractivity contribution is -0.123. The first kappa shape index (κ1) is 14.2. The number of para-hydroxylation sites is 1. The average Bonchev–Trinajstić information content (AvgIpc) is 2.50. The van der Waals surface area contributed by atoms with Gasteiger partial charge in [-0.1, -0.05) is 18.2 Å². The van der Waals surface area contributed by atoms with Crippen LogP contribution in [0.1, 0.15) is 17.9 Å². The van der Waals surface area contributed by atoms with E-state index in [-0.39, 0.29) is 18.0 Å². The molecule has 4 nitrogen and oxygen atoms in total. The molecule has 2 aromatic carbocycles. The number of benzene rings is 2. The zero-order valence-corrected chi connectivity index (χ0v) is 11.4. The minimum Gasteiger partial charge on any atom is -0.326 e. The molecule has 6 heteroatoms. The normalized spacial score (nSPS) is 16.6. The zero-order chi connectivity index (χ0) is 15.7. The summed E-state index contributed by atoms with van der Waals surface area (Å²) in [5.41, 5.74) is 1.43. The topological polar surface area (TPSA) is 58.2 Å². The lowest BCUT2D eigenvalue weighted by atomic mass is 9.90. The maximum atomic E-state index is 13.2. The summed E-state index contributed by atoms with van der Waals surface area (Å²) in [6, 6.07) is 10.1. The van der Waals surface area contributed by atoms with E-state index >= 15 is 0 Å². The Morgan fingerprint density at radius 3 is 2.68 bits per heavy atom. The largest absolute Gasteiger partial charge is 0.326 e. The minimum absolute atomic E-state index is 0.00647. The van der Waals surface area contributed by atoms with E-state index in [0.717, 1.165) is 12.1 Å². The predicted molar refractivity (Wildman–Crippen MR) is 77.4 cm³/mol. The summed E-state index contributed by atoms with van der Waals surface area (Å²) in [7, 11) is 0. The molecule has 0 unspecified atom stereocenters. The lowest BCUT2D eigenvalue weighted by Crippen LogP contribution is -2.30. The molecular weight excluding hydrogens is 290 g/mol. The summed E-state index contributed by atoms with van der Waals surface area (Å²) in [6.07, 6.45) is 0.00647. The van der Waals surface area contributed by atoms with Gasteiger partial charge in [0.25, 0.3) is 0 Å².